The van der Waals surface area contributed by atoms with Crippen LogP contribution in [0.4, 0.5) is 4.39 Å². The molecule has 2 heterocycles. The Morgan fingerprint density at radius 3 is 2.64 bits per heavy atom. The molecule has 2 aromatic heterocycles. The van der Waals surface area contributed by atoms with Crippen molar-refractivity contribution in [3.63, 3.8) is 0 Å². The number of ether oxygens (including phenoxy) is 1. The summed E-state index contributed by atoms with van der Waals surface area (Å²) in [7, 11) is 0. The monoisotopic (exact) mass is 395 g/mol. The maximum Gasteiger partial charge on any atom is 0.272 e. The summed E-state index contributed by atoms with van der Waals surface area (Å²) in [6.07, 6.45) is 0. The summed E-state index contributed by atoms with van der Waals surface area (Å²) in [4.78, 5) is 24.7. The second kappa shape index (κ2) is 7.61. The lowest BCUT2D eigenvalue weighted by Gasteiger charge is -2.06. The molecule has 0 atom stereocenters. The van der Waals surface area contributed by atoms with Gasteiger partial charge in [0.1, 0.15) is 17.3 Å². The molecule has 4 aromatic rings. The number of carbonyl (C=O) groups excluding carboxylic acids is 1. The van der Waals surface area contributed by atoms with Gasteiger partial charge in [-0.2, -0.15) is 5.10 Å². The molecule has 1 amide bonds. The first-order chi connectivity index (χ1) is 13.6. The molecule has 0 bridgehead atoms. The number of aromatic amines is 1. The summed E-state index contributed by atoms with van der Waals surface area (Å²) in [5.74, 6) is 0.349. The van der Waals surface area contributed by atoms with E-state index in [4.69, 9.17) is 4.74 Å². The standard InChI is InChI=1S/C20H14FN3O3S/c21-12-5-7-13(8-6-12)27-14-9-18(28-11-14)20(26)22-10-17-15-3-1-2-4-16(15)19(25)24-23-17/h1-9,11H,10H2,(H,22,26)(H,24,25). The van der Waals surface area contributed by atoms with Gasteiger partial charge >= 0.3 is 0 Å². The van der Waals surface area contributed by atoms with Gasteiger partial charge in [-0.3, -0.25) is 9.59 Å². The summed E-state index contributed by atoms with van der Waals surface area (Å²) < 4.78 is 18.6. The third-order valence-corrected chi connectivity index (χ3v) is 4.95. The lowest BCUT2D eigenvalue weighted by molar-refractivity contribution is 0.0954. The van der Waals surface area contributed by atoms with E-state index < -0.39 is 0 Å². The van der Waals surface area contributed by atoms with Crippen molar-refractivity contribution in [3.8, 4) is 11.5 Å². The van der Waals surface area contributed by atoms with Crippen molar-refractivity contribution in [2.24, 2.45) is 0 Å². The van der Waals surface area contributed by atoms with Gasteiger partial charge in [0.15, 0.2) is 0 Å². The number of carbonyl (C=O) groups is 1. The maximum absolute atomic E-state index is 12.9. The summed E-state index contributed by atoms with van der Waals surface area (Å²) in [6.45, 7) is 0.169. The van der Waals surface area contributed by atoms with Gasteiger partial charge in [-0.1, -0.05) is 18.2 Å². The third kappa shape index (κ3) is 3.77. The van der Waals surface area contributed by atoms with Crippen LogP contribution in [0.1, 0.15) is 15.4 Å². The average Bonchev–Trinajstić information content (AvgIpc) is 3.18. The molecule has 28 heavy (non-hydrogen) atoms. The van der Waals surface area contributed by atoms with E-state index in [0.29, 0.717) is 32.8 Å². The molecule has 0 unspecified atom stereocenters. The molecular weight excluding hydrogens is 381 g/mol. The summed E-state index contributed by atoms with van der Waals surface area (Å²) in [5, 5.41) is 12.2. The van der Waals surface area contributed by atoms with E-state index in [0.717, 1.165) is 0 Å². The summed E-state index contributed by atoms with van der Waals surface area (Å²) in [5.41, 5.74) is 0.300. The third-order valence-electron chi connectivity index (χ3n) is 4.04. The number of H-pyrrole nitrogens is 1. The van der Waals surface area contributed by atoms with Gasteiger partial charge in [-0.25, -0.2) is 9.49 Å². The van der Waals surface area contributed by atoms with E-state index in [1.807, 2.05) is 6.07 Å². The fourth-order valence-corrected chi connectivity index (χ4v) is 3.41. The highest BCUT2D eigenvalue weighted by atomic mass is 32.1. The van der Waals surface area contributed by atoms with Gasteiger partial charge in [-0.05, 0) is 30.3 Å². The van der Waals surface area contributed by atoms with Crippen LogP contribution in [0.5, 0.6) is 11.5 Å². The Labute approximate surface area is 162 Å². The minimum Gasteiger partial charge on any atom is -0.456 e. The number of nitrogens with zero attached hydrogens (tertiary/aromatic N) is 1. The van der Waals surface area contributed by atoms with Gasteiger partial charge in [0.2, 0.25) is 0 Å². The Hall–Kier alpha value is -3.52. The average molecular weight is 395 g/mol. The Bertz CT molecular complexity index is 1200. The predicted molar refractivity (Wildman–Crippen MR) is 104 cm³/mol. The molecule has 0 aliphatic rings. The van der Waals surface area contributed by atoms with Crippen molar-refractivity contribution in [1.29, 1.82) is 0 Å². The number of hydrogen-bond acceptors (Lipinski definition) is 5. The normalized spacial score (nSPS) is 10.8. The quantitative estimate of drug-likeness (QED) is 0.538. The van der Waals surface area contributed by atoms with Gasteiger partial charge in [-0.15, -0.1) is 11.3 Å². The Kier molecular flexibility index (Phi) is 4.86. The van der Waals surface area contributed by atoms with Crippen LogP contribution in [0, 0.1) is 5.82 Å². The Balaban J connectivity index is 1.45. The first-order valence-corrected chi connectivity index (χ1v) is 9.24. The zero-order chi connectivity index (χ0) is 19.5. The molecule has 0 fully saturated rings. The van der Waals surface area contributed by atoms with Crippen molar-refractivity contribution < 1.29 is 13.9 Å². The van der Waals surface area contributed by atoms with Crippen LogP contribution >= 0.6 is 11.3 Å². The van der Waals surface area contributed by atoms with Crippen molar-refractivity contribution in [2.45, 2.75) is 6.54 Å². The smallest absolute Gasteiger partial charge is 0.272 e. The molecule has 0 spiro atoms. The fourth-order valence-electron chi connectivity index (χ4n) is 2.69. The Morgan fingerprint density at radius 1 is 1.11 bits per heavy atom. The number of benzene rings is 2. The topological polar surface area (TPSA) is 84.1 Å². The number of amides is 1. The first-order valence-electron chi connectivity index (χ1n) is 8.36. The molecular formula is C20H14FN3O3S. The molecule has 4 rings (SSSR count). The lowest BCUT2D eigenvalue weighted by Crippen LogP contribution is -2.24. The second-order valence-electron chi connectivity index (χ2n) is 5.93. The molecule has 0 radical (unpaired) electrons. The van der Waals surface area contributed by atoms with Gasteiger partial charge < -0.3 is 10.1 Å². The van der Waals surface area contributed by atoms with Gasteiger partial charge in [0.25, 0.3) is 11.5 Å². The first kappa shape index (κ1) is 17.9. The van der Waals surface area contributed by atoms with Crippen LogP contribution < -0.4 is 15.6 Å². The van der Waals surface area contributed by atoms with E-state index in [1.165, 1.54) is 35.6 Å². The zero-order valence-corrected chi connectivity index (χ0v) is 15.3. The molecule has 140 valence electrons. The van der Waals surface area contributed by atoms with E-state index in [1.54, 1.807) is 29.6 Å². The van der Waals surface area contributed by atoms with Crippen LogP contribution in [0.15, 0.2) is 64.8 Å². The van der Waals surface area contributed by atoms with Crippen molar-refractivity contribution in [2.75, 3.05) is 0 Å². The number of nitrogens with one attached hydrogen (secondary N) is 2. The molecule has 0 aliphatic carbocycles. The van der Waals surface area contributed by atoms with Crippen LogP contribution in [-0.2, 0) is 6.54 Å². The van der Waals surface area contributed by atoms with Crippen molar-refractivity contribution in [3.05, 3.63) is 86.7 Å². The van der Waals surface area contributed by atoms with E-state index in [-0.39, 0.29) is 23.8 Å². The largest absolute Gasteiger partial charge is 0.456 e. The molecule has 0 saturated carbocycles. The SMILES string of the molecule is O=C(NCc1n[nH]c(=O)c2ccccc12)c1cc(Oc2ccc(F)cc2)cs1. The highest BCUT2D eigenvalue weighted by molar-refractivity contribution is 7.12. The number of hydrogen-bond donors (Lipinski definition) is 2. The molecule has 0 saturated heterocycles. The number of halogens is 1. The zero-order valence-electron chi connectivity index (χ0n) is 14.4. The van der Waals surface area contributed by atoms with E-state index >= 15 is 0 Å². The number of rotatable bonds is 5. The predicted octanol–water partition coefficient (Wildman–Crippen LogP) is 3.85. The maximum atomic E-state index is 12.9. The fraction of sp³-hybridized carbons (Fsp3) is 0.0500. The van der Waals surface area contributed by atoms with Gasteiger partial charge in [0.05, 0.1) is 22.5 Å². The molecule has 6 nitrogen and oxygen atoms in total. The highest BCUT2D eigenvalue weighted by Gasteiger charge is 2.12. The van der Waals surface area contributed by atoms with E-state index in [9.17, 15) is 14.0 Å². The van der Waals surface area contributed by atoms with Crippen molar-refractivity contribution >= 4 is 28.0 Å². The van der Waals surface area contributed by atoms with Crippen molar-refractivity contribution in [1.82, 2.24) is 15.5 Å². The minimum atomic E-state index is -0.346. The summed E-state index contributed by atoms with van der Waals surface area (Å²) in [6, 6.07) is 14.3. The molecule has 2 aromatic carbocycles. The van der Waals surface area contributed by atoms with Crippen LogP contribution in [-0.4, -0.2) is 16.1 Å². The van der Waals surface area contributed by atoms with Crippen LogP contribution in [0.3, 0.4) is 0 Å². The van der Waals surface area contributed by atoms with Crippen LogP contribution in [0.25, 0.3) is 10.8 Å². The van der Waals surface area contributed by atoms with Gasteiger partial charge in [0, 0.05) is 16.8 Å². The number of thiophene rings is 1. The minimum absolute atomic E-state index is 0.169. The number of fused-ring (bicyclic) bond motifs is 1. The van der Waals surface area contributed by atoms with E-state index in [2.05, 4.69) is 15.5 Å². The molecule has 0 aliphatic heterocycles. The second-order valence-corrected chi connectivity index (χ2v) is 6.84. The highest BCUT2D eigenvalue weighted by Crippen LogP contribution is 2.27. The molecule has 2 N–H and O–H groups in total. The number of aromatic nitrogens is 2. The van der Waals surface area contributed by atoms with Crippen LogP contribution in [0.2, 0.25) is 0 Å². The lowest BCUT2D eigenvalue weighted by atomic mass is 10.1. The molecule has 8 heteroatoms. The Morgan fingerprint density at radius 2 is 1.86 bits per heavy atom. The summed E-state index contributed by atoms with van der Waals surface area (Å²) >= 11 is 1.23.